The molecule has 0 spiro atoms. The molecule has 1 saturated heterocycles. The van der Waals surface area contributed by atoms with Gasteiger partial charge in [0.15, 0.2) is 11.5 Å². The van der Waals surface area contributed by atoms with E-state index in [1.165, 1.54) is 0 Å². The van der Waals surface area contributed by atoms with Crippen LogP contribution >= 0.6 is 0 Å². The maximum Gasteiger partial charge on any atom is 0.320 e. The number of rotatable bonds is 6. The quantitative estimate of drug-likeness (QED) is 0.762. The number of aromatic nitrogens is 2. The summed E-state index contributed by atoms with van der Waals surface area (Å²) in [5, 5.41) is 4.02. The van der Waals surface area contributed by atoms with Gasteiger partial charge in [-0.2, -0.15) is 4.98 Å². The number of hydrogen-bond donors (Lipinski definition) is 0. The zero-order valence-corrected chi connectivity index (χ0v) is 15.8. The first-order valence-electron chi connectivity index (χ1n) is 8.82. The highest BCUT2D eigenvalue weighted by Crippen LogP contribution is 2.31. The van der Waals surface area contributed by atoms with Crippen LogP contribution in [0, 0.1) is 0 Å². The summed E-state index contributed by atoms with van der Waals surface area (Å²) in [4.78, 5) is 20.5. The highest BCUT2D eigenvalue weighted by Gasteiger charge is 2.24. The SMILES string of the molecule is CCN(Cc1nc(-c2ccc(OC)c(OC)c2)no1)C(=O)N1CCOCC1. The van der Waals surface area contributed by atoms with Crippen LogP contribution in [0.1, 0.15) is 12.8 Å². The van der Waals surface area contributed by atoms with Crippen molar-refractivity contribution in [1.29, 1.82) is 0 Å². The minimum atomic E-state index is -0.0494. The number of morpholine rings is 1. The van der Waals surface area contributed by atoms with Crippen molar-refractivity contribution < 1.29 is 23.5 Å². The lowest BCUT2D eigenvalue weighted by atomic mass is 10.2. The molecular formula is C18H24N4O5. The molecule has 0 N–H and O–H groups in total. The number of amides is 2. The maximum atomic E-state index is 12.6. The lowest BCUT2D eigenvalue weighted by molar-refractivity contribution is 0.0422. The second kappa shape index (κ2) is 8.72. The Morgan fingerprint density at radius 3 is 2.63 bits per heavy atom. The van der Waals surface area contributed by atoms with Gasteiger partial charge in [-0.1, -0.05) is 5.16 Å². The lowest BCUT2D eigenvalue weighted by Gasteiger charge is -2.31. The second-order valence-corrected chi connectivity index (χ2v) is 5.98. The molecule has 2 amide bonds. The van der Waals surface area contributed by atoms with E-state index in [1.807, 2.05) is 13.0 Å². The number of ether oxygens (including phenoxy) is 3. The van der Waals surface area contributed by atoms with Crippen molar-refractivity contribution in [3.8, 4) is 22.9 Å². The van der Waals surface area contributed by atoms with Crippen LogP contribution in [0.25, 0.3) is 11.4 Å². The molecule has 0 radical (unpaired) electrons. The predicted octanol–water partition coefficient (Wildman–Crippen LogP) is 2.03. The molecule has 146 valence electrons. The third-order valence-corrected chi connectivity index (χ3v) is 4.37. The standard InChI is InChI=1S/C18H24N4O5/c1-4-21(18(23)22-7-9-26-10-8-22)12-16-19-17(20-27-16)13-5-6-14(24-2)15(11-13)25-3/h5-6,11H,4,7-10,12H2,1-3H3. The number of carbonyl (C=O) groups excluding carboxylic acids is 1. The van der Waals surface area contributed by atoms with Gasteiger partial charge in [0.25, 0.3) is 0 Å². The zero-order valence-electron chi connectivity index (χ0n) is 15.8. The Hall–Kier alpha value is -2.81. The Morgan fingerprint density at radius 1 is 1.22 bits per heavy atom. The van der Waals surface area contributed by atoms with Gasteiger partial charge in [-0.3, -0.25) is 0 Å². The molecule has 1 aromatic carbocycles. The van der Waals surface area contributed by atoms with Crippen LogP contribution in [-0.4, -0.2) is 73.0 Å². The van der Waals surface area contributed by atoms with Gasteiger partial charge in [-0.05, 0) is 25.1 Å². The number of benzene rings is 1. The van der Waals surface area contributed by atoms with Crippen molar-refractivity contribution in [3.63, 3.8) is 0 Å². The van der Waals surface area contributed by atoms with Crippen LogP contribution < -0.4 is 9.47 Å². The minimum absolute atomic E-state index is 0.0494. The number of carbonyl (C=O) groups is 1. The van der Waals surface area contributed by atoms with Crippen molar-refractivity contribution >= 4 is 6.03 Å². The molecule has 27 heavy (non-hydrogen) atoms. The maximum absolute atomic E-state index is 12.6. The van der Waals surface area contributed by atoms with Crippen molar-refractivity contribution in [1.82, 2.24) is 19.9 Å². The number of nitrogens with zero attached hydrogens (tertiary/aromatic N) is 4. The largest absolute Gasteiger partial charge is 0.493 e. The summed E-state index contributed by atoms with van der Waals surface area (Å²) in [6.45, 7) is 5.04. The van der Waals surface area contributed by atoms with E-state index in [0.717, 1.165) is 5.56 Å². The molecule has 3 rings (SSSR count). The molecule has 0 aliphatic carbocycles. The molecule has 1 aliphatic rings. The van der Waals surface area contributed by atoms with E-state index in [1.54, 1.807) is 36.2 Å². The average molecular weight is 376 g/mol. The highest BCUT2D eigenvalue weighted by molar-refractivity contribution is 5.74. The smallest absolute Gasteiger partial charge is 0.320 e. The topological polar surface area (TPSA) is 90.2 Å². The highest BCUT2D eigenvalue weighted by atomic mass is 16.5. The Morgan fingerprint density at radius 2 is 1.96 bits per heavy atom. The van der Waals surface area contributed by atoms with Gasteiger partial charge in [0.05, 0.1) is 27.4 Å². The summed E-state index contributed by atoms with van der Waals surface area (Å²) in [5.41, 5.74) is 0.741. The molecule has 9 nitrogen and oxygen atoms in total. The molecule has 0 unspecified atom stereocenters. The fraction of sp³-hybridized carbons (Fsp3) is 0.500. The van der Waals surface area contributed by atoms with Crippen LogP contribution in [0.4, 0.5) is 4.79 Å². The summed E-state index contributed by atoms with van der Waals surface area (Å²) in [6.07, 6.45) is 0. The summed E-state index contributed by atoms with van der Waals surface area (Å²) >= 11 is 0. The third-order valence-electron chi connectivity index (χ3n) is 4.37. The Kier molecular flexibility index (Phi) is 6.12. The van der Waals surface area contributed by atoms with E-state index >= 15 is 0 Å². The molecule has 0 saturated carbocycles. The van der Waals surface area contributed by atoms with E-state index in [0.29, 0.717) is 56.1 Å². The number of urea groups is 1. The van der Waals surface area contributed by atoms with Crippen molar-refractivity contribution in [2.45, 2.75) is 13.5 Å². The lowest BCUT2D eigenvalue weighted by Crippen LogP contribution is -2.47. The summed E-state index contributed by atoms with van der Waals surface area (Å²) < 4.78 is 21.2. The third kappa shape index (κ3) is 4.30. The van der Waals surface area contributed by atoms with Gasteiger partial charge < -0.3 is 28.5 Å². The van der Waals surface area contributed by atoms with Crippen LogP contribution in [0.2, 0.25) is 0 Å². The van der Waals surface area contributed by atoms with Gasteiger partial charge in [0.2, 0.25) is 11.7 Å². The fourth-order valence-electron chi connectivity index (χ4n) is 2.84. The summed E-state index contributed by atoms with van der Waals surface area (Å²) in [5.74, 6) is 2.02. The molecule has 0 atom stereocenters. The molecule has 2 heterocycles. The van der Waals surface area contributed by atoms with Crippen molar-refractivity contribution in [2.24, 2.45) is 0 Å². The van der Waals surface area contributed by atoms with Crippen molar-refractivity contribution in [2.75, 3.05) is 47.1 Å². The van der Waals surface area contributed by atoms with Gasteiger partial charge in [-0.25, -0.2) is 4.79 Å². The Bertz CT molecular complexity index is 773. The second-order valence-electron chi connectivity index (χ2n) is 5.98. The zero-order chi connectivity index (χ0) is 19.2. The number of hydrogen-bond acceptors (Lipinski definition) is 7. The minimum Gasteiger partial charge on any atom is -0.493 e. The summed E-state index contributed by atoms with van der Waals surface area (Å²) in [6, 6.07) is 5.34. The first-order valence-corrected chi connectivity index (χ1v) is 8.82. The Balaban J connectivity index is 1.72. The van der Waals surface area contributed by atoms with Crippen molar-refractivity contribution in [3.05, 3.63) is 24.1 Å². The van der Waals surface area contributed by atoms with E-state index in [9.17, 15) is 4.79 Å². The monoisotopic (exact) mass is 376 g/mol. The molecular weight excluding hydrogens is 352 g/mol. The van der Waals surface area contributed by atoms with E-state index in [4.69, 9.17) is 18.7 Å². The van der Waals surface area contributed by atoms with Crippen LogP contribution in [0.15, 0.2) is 22.7 Å². The molecule has 1 aromatic heterocycles. The molecule has 2 aromatic rings. The first kappa shape index (κ1) is 19.0. The summed E-state index contributed by atoms with van der Waals surface area (Å²) in [7, 11) is 3.15. The van der Waals surface area contributed by atoms with Crippen LogP contribution in [-0.2, 0) is 11.3 Å². The average Bonchev–Trinajstić information content (AvgIpc) is 3.20. The molecule has 1 fully saturated rings. The van der Waals surface area contributed by atoms with E-state index < -0.39 is 0 Å². The van der Waals surface area contributed by atoms with Gasteiger partial charge in [0.1, 0.15) is 6.54 Å². The van der Waals surface area contributed by atoms with Gasteiger partial charge >= 0.3 is 6.03 Å². The Labute approximate surface area is 157 Å². The molecule has 0 bridgehead atoms. The first-order chi connectivity index (χ1) is 13.2. The van der Waals surface area contributed by atoms with Crippen LogP contribution in [0.5, 0.6) is 11.5 Å². The number of methoxy groups -OCH3 is 2. The predicted molar refractivity (Wildman–Crippen MR) is 96.7 cm³/mol. The van der Waals surface area contributed by atoms with Gasteiger partial charge in [0, 0.05) is 25.2 Å². The molecule has 9 heteroatoms. The van der Waals surface area contributed by atoms with E-state index in [2.05, 4.69) is 10.1 Å². The molecule has 1 aliphatic heterocycles. The van der Waals surface area contributed by atoms with Crippen LogP contribution in [0.3, 0.4) is 0 Å². The van der Waals surface area contributed by atoms with Gasteiger partial charge in [-0.15, -0.1) is 0 Å². The fourth-order valence-corrected chi connectivity index (χ4v) is 2.84. The normalized spacial score (nSPS) is 14.1. The van der Waals surface area contributed by atoms with E-state index in [-0.39, 0.29) is 12.6 Å².